The fourth-order valence-electron chi connectivity index (χ4n) is 2.01. The number of alkyl carbamates (subject to hydrolysis) is 1. The first-order valence-electron chi connectivity index (χ1n) is 7.37. The number of hydrogen-bond acceptors (Lipinski definition) is 5. The number of amides is 1. The normalized spacial score (nSPS) is 10.6. The Morgan fingerprint density at radius 1 is 1.08 bits per heavy atom. The molecule has 0 radical (unpaired) electrons. The molecule has 4 N–H and O–H groups in total. The number of phenolic OH excluding ortho intramolecular Hbond substituents is 2. The molecule has 25 heavy (non-hydrogen) atoms. The molecule has 2 aromatic rings. The lowest BCUT2D eigenvalue weighted by Gasteiger charge is -2.06. The number of ether oxygens (including phenoxy) is 1. The van der Waals surface area contributed by atoms with Crippen LogP contribution in [0.1, 0.15) is 21.5 Å². The van der Waals surface area contributed by atoms with Gasteiger partial charge in [-0.25, -0.2) is 9.59 Å². The van der Waals surface area contributed by atoms with Gasteiger partial charge in [0.05, 0.1) is 11.1 Å². The quantitative estimate of drug-likeness (QED) is 0.641. The summed E-state index contributed by atoms with van der Waals surface area (Å²) in [5.74, 6) is -2.01. The van der Waals surface area contributed by atoms with Gasteiger partial charge in [-0.05, 0) is 23.8 Å². The van der Waals surface area contributed by atoms with Crippen molar-refractivity contribution < 1.29 is 29.6 Å². The van der Waals surface area contributed by atoms with Crippen LogP contribution in [0.2, 0.25) is 0 Å². The second kappa shape index (κ2) is 8.39. The highest BCUT2D eigenvalue weighted by molar-refractivity contribution is 5.89. The number of nitrogens with one attached hydrogen (secondary N) is 1. The van der Waals surface area contributed by atoms with Crippen molar-refractivity contribution >= 4 is 18.1 Å². The van der Waals surface area contributed by atoms with Crippen molar-refractivity contribution in [3.63, 3.8) is 0 Å². The van der Waals surface area contributed by atoms with Crippen molar-refractivity contribution in [1.29, 1.82) is 0 Å². The molecule has 0 aliphatic carbocycles. The molecule has 0 spiro atoms. The molecule has 0 atom stereocenters. The predicted molar refractivity (Wildman–Crippen MR) is 90.4 cm³/mol. The second-order valence-corrected chi connectivity index (χ2v) is 5.08. The van der Waals surface area contributed by atoms with Crippen molar-refractivity contribution in [2.24, 2.45) is 0 Å². The van der Waals surface area contributed by atoms with Gasteiger partial charge < -0.3 is 25.4 Å². The zero-order chi connectivity index (χ0) is 18.2. The Labute approximate surface area is 143 Å². The molecule has 0 saturated heterocycles. The number of carboxylic acid groups (broad SMARTS) is 1. The van der Waals surface area contributed by atoms with Gasteiger partial charge in [0, 0.05) is 6.54 Å². The van der Waals surface area contributed by atoms with E-state index in [-0.39, 0.29) is 35.8 Å². The lowest BCUT2D eigenvalue weighted by atomic mass is 10.1. The molecular weight excluding hydrogens is 326 g/mol. The first-order chi connectivity index (χ1) is 12.0. The van der Waals surface area contributed by atoms with Crippen LogP contribution in [0, 0.1) is 0 Å². The van der Waals surface area contributed by atoms with Gasteiger partial charge in [0.2, 0.25) is 0 Å². The number of aromatic hydroxyl groups is 2. The van der Waals surface area contributed by atoms with Crippen LogP contribution in [0.5, 0.6) is 11.5 Å². The Morgan fingerprint density at radius 2 is 1.72 bits per heavy atom. The number of aromatic carboxylic acids is 1. The van der Waals surface area contributed by atoms with Crippen LogP contribution in [0.4, 0.5) is 4.79 Å². The van der Waals surface area contributed by atoms with E-state index in [1.165, 1.54) is 12.2 Å². The minimum absolute atomic E-state index is 0.0597. The highest BCUT2D eigenvalue weighted by Crippen LogP contribution is 2.30. The highest BCUT2D eigenvalue weighted by atomic mass is 16.5. The summed E-state index contributed by atoms with van der Waals surface area (Å²) in [7, 11) is 0. The second-order valence-electron chi connectivity index (χ2n) is 5.08. The Balaban J connectivity index is 1.85. The first-order valence-corrected chi connectivity index (χ1v) is 7.37. The summed E-state index contributed by atoms with van der Waals surface area (Å²) in [4.78, 5) is 22.4. The standard InChI is InChI=1S/C18H17NO6/c20-15-9-13(17(22)23)10-16(21)14(15)7-4-8-19-18(24)25-11-12-5-2-1-3-6-12/h1-7,9-10,20-21H,8,11H2,(H,19,24)(H,22,23). The molecule has 0 aliphatic heterocycles. The van der Waals surface area contributed by atoms with E-state index < -0.39 is 12.1 Å². The Bertz CT molecular complexity index is 762. The number of hydrogen-bond donors (Lipinski definition) is 4. The van der Waals surface area contributed by atoms with E-state index in [0.717, 1.165) is 17.7 Å². The van der Waals surface area contributed by atoms with E-state index >= 15 is 0 Å². The molecule has 0 aromatic heterocycles. The predicted octanol–water partition coefficient (Wildman–Crippen LogP) is 2.74. The molecule has 0 heterocycles. The lowest BCUT2D eigenvalue weighted by Crippen LogP contribution is -2.24. The summed E-state index contributed by atoms with van der Waals surface area (Å²) in [6.07, 6.45) is 2.25. The summed E-state index contributed by atoms with van der Waals surface area (Å²) >= 11 is 0. The molecule has 0 aliphatic rings. The molecule has 7 nitrogen and oxygen atoms in total. The molecule has 7 heteroatoms. The van der Waals surface area contributed by atoms with E-state index in [1.54, 1.807) is 0 Å². The van der Waals surface area contributed by atoms with E-state index in [0.29, 0.717) is 0 Å². The van der Waals surface area contributed by atoms with Crippen LogP contribution in [-0.4, -0.2) is 33.9 Å². The number of rotatable bonds is 6. The monoisotopic (exact) mass is 343 g/mol. The molecule has 0 fully saturated rings. The summed E-state index contributed by atoms with van der Waals surface area (Å²) in [5, 5.41) is 30.8. The summed E-state index contributed by atoms with van der Waals surface area (Å²) in [6, 6.07) is 11.3. The minimum atomic E-state index is -1.26. The summed E-state index contributed by atoms with van der Waals surface area (Å²) in [5.41, 5.74) is 0.695. The van der Waals surface area contributed by atoms with E-state index in [2.05, 4.69) is 5.32 Å². The smallest absolute Gasteiger partial charge is 0.407 e. The van der Waals surface area contributed by atoms with Gasteiger partial charge in [0.25, 0.3) is 0 Å². The molecule has 130 valence electrons. The molecule has 2 rings (SSSR count). The number of carbonyl (C=O) groups is 2. The van der Waals surface area contributed by atoms with Crippen LogP contribution in [0.3, 0.4) is 0 Å². The van der Waals surface area contributed by atoms with E-state index in [9.17, 15) is 19.8 Å². The fourth-order valence-corrected chi connectivity index (χ4v) is 2.01. The maximum absolute atomic E-state index is 11.5. The first kappa shape index (κ1) is 17.9. The Hall–Kier alpha value is -3.48. The average Bonchev–Trinajstić information content (AvgIpc) is 2.59. The third kappa shape index (κ3) is 5.28. The zero-order valence-electron chi connectivity index (χ0n) is 13.2. The van der Waals surface area contributed by atoms with E-state index in [1.807, 2.05) is 30.3 Å². The van der Waals surface area contributed by atoms with Crippen molar-refractivity contribution in [2.45, 2.75) is 6.61 Å². The van der Waals surface area contributed by atoms with Gasteiger partial charge in [-0.15, -0.1) is 0 Å². The molecular formula is C18H17NO6. The molecule has 0 unspecified atom stereocenters. The van der Waals surface area contributed by atoms with Gasteiger partial charge in [0.15, 0.2) is 0 Å². The third-order valence-corrected chi connectivity index (χ3v) is 3.24. The number of phenols is 2. The van der Waals surface area contributed by atoms with Crippen molar-refractivity contribution in [1.82, 2.24) is 5.32 Å². The van der Waals surface area contributed by atoms with Gasteiger partial charge in [-0.3, -0.25) is 0 Å². The summed E-state index contributed by atoms with van der Waals surface area (Å²) in [6.45, 7) is 0.252. The molecule has 1 amide bonds. The van der Waals surface area contributed by atoms with Crippen LogP contribution >= 0.6 is 0 Å². The molecule has 0 saturated carbocycles. The van der Waals surface area contributed by atoms with Gasteiger partial charge in [0.1, 0.15) is 18.1 Å². The van der Waals surface area contributed by atoms with Crippen molar-refractivity contribution in [2.75, 3.05) is 6.54 Å². The van der Waals surface area contributed by atoms with Crippen molar-refractivity contribution in [3.8, 4) is 11.5 Å². The van der Waals surface area contributed by atoms with Crippen LogP contribution < -0.4 is 5.32 Å². The van der Waals surface area contributed by atoms with Gasteiger partial charge in [-0.2, -0.15) is 0 Å². The largest absolute Gasteiger partial charge is 0.507 e. The third-order valence-electron chi connectivity index (χ3n) is 3.24. The van der Waals surface area contributed by atoms with Gasteiger partial charge >= 0.3 is 12.1 Å². The lowest BCUT2D eigenvalue weighted by molar-refractivity contribution is 0.0696. The fraction of sp³-hybridized carbons (Fsp3) is 0.111. The Kier molecular flexibility index (Phi) is 6.00. The van der Waals surface area contributed by atoms with Crippen molar-refractivity contribution in [3.05, 3.63) is 65.2 Å². The number of carbonyl (C=O) groups excluding carboxylic acids is 1. The van der Waals surface area contributed by atoms with Gasteiger partial charge in [-0.1, -0.05) is 36.4 Å². The highest BCUT2D eigenvalue weighted by Gasteiger charge is 2.11. The van der Waals surface area contributed by atoms with E-state index in [4.69, 9.17) is 9.84 Å². The maximum atomic E-state index is 11.5. The van der Waals surface area contributed by atoms with Crippen LogP contribution in [0.25, 0.3) is 6.08 Å². The SMILES string of the molecule is O=C(NCC=Cc1c(O)cc(C(=O)O)cc1O)OCc1ccccc1. The zero-order valence-corrected chi connectivity index (χ0v) is 13.2. The Morgan fingerprint density at radius 3 is 2.32 bits per heavy atom. The minimum Gasteiger partial charge on any atom is -0.507 e. The average molecular weight is 343 g/mol. The number of carboxylic acids is 1. The number of benzene rings is 2. The topological polar surface area (TPSA) is 116 Å². The molecule has 2 aromatic carbocycles. The van der Waals surface area contributed by atoms with Crippen LogP contribution in [-0.2, 0) is 11.3 Å². The maximum Gasteiger partial charge on any atom is 0.407 e. The summed E-state index contributed by atoms with van der Waals surface area (Å²) < 4.78 is 5.02. The molecule has 0 bridgehead atoms. The van der Waals surface area contributed by atoms with Crippen LogP contribution in [0.15, 0.2) is 48.5 Å².